The van der Waals surface area contributed by atoms with Crippen molar-refractivity contribution in [2.24, 2.45) is 0 Å². The zero-order valence-corrected chi connectivity index (χ0v) is 7.94. The van der Waals surface area contributed by atoms with Crippen LogP contribution in [0.5, 0.6) is 5.88 Å². The Morgan fingerprint density at radius 1 is 1.12 bits per heavy atom. The van der Waals surface area contributed by atoms with Gasteiger partial charge in [0, 0.05) is 0 Å². The summed E-state index contributed by atoms with van der Waals surface area (Å²) in [6.45, 7) is 0. The predicted octanol–water partition coefficient (Wildman–Crippen LogP) is 2.73. The van der Waals surface area contributed by atoms with Crippen LogP contribution in [0.25, 0.3) is 11.1 Å². The number of benzene rings is 1. The Balaban J connectivity index is 2.50. The molecule has 0 amide bonds. The molecule has 1 N–H and O–H groups in total. The summed E-state index contributed by atoms with van der Waals surface area (Å²) in [5.74, 6) is -0.904. The van der Waals surface area contributed by atoms with Crippen LogP contribution < -0.4 is 0 Å². The van der Waals surface area contributed by atoms with Gasteiger partial charge in [0.25, 0.3) is 0 Å². The molecule has 2 aromatic rings. The molecule has 84 valence electrons. The quantitative estimate of drug-likeness (QED) is 0.814. The van der Waals surface area contributed by atoms with Crippen LogP contribution in [0.4, 0.5) is 13.2 Å². The fourth-order valence-electron chi connectivity index (χ4n) is 1.35. The molecule has 0 saturated heterocycles. The van der Waals surface area contributed by atoms with Crippen molar-refractivity contribution in [3.63, 3.8) is 0 Å². The predicted molar refractivity (Wildman–Crippen MR) is 50.6 cm³/mol. The Morgan fingerprint density at radius 3 is 2.25 bits per heavy atom. The average Bonchev–Trinajstić information content (AvgIpc) is 2.61. The van der Waals surface area contributed by atoms with Crippen LogP contribution in [-0.2, 0) is 6.30 Å². The molecule has 0 bridgehead atoms. The van der Waals surface area contributed by atoms with Gasteiger partial charge in [0.15, 0.2) is 0 Å². The van der Waals surface area contributed by atoms with Crippen molar-refractivity contribution >= 4 is 0 Å². The van der Waals surface area contributed by atoms with E-state index < -0.39 is 12.2 Å². The van der Waals surface area contributed by atoms with Gasteiger partial charge in [0.2, 0.25) is 5.88 Å². The Hall–Kier alpha value is -1.98. The molecule has 0 aliphatic rings. The summed E-state index contributed by atoms with van der Waals surface area (Å²) in [4.78, 5) is 0. The van der Waals surface area contributed by atoms with Crippen molar-refractivity contribution in [1.29, 1.82) is 0 Å². The first-order valence-corrected chi connectivity index (χ1v) is 4.40. The number of rotatable bonds is 1. The number of alkyl halides is 3. The molecule has 0 aliphatic carbocycles. The van der Waals surface area contributed by atoms with E-state index in [0.29, 0.717) is 5.56 Å². The lowest BCUT2D eigenvalue weighted by molar-refractivity contribution is -0.214. The summed E-state index contributed by atoms with van der Waals surface area (Å²) in [6.07, 6.45) is -3.73. The van der Waals surface area contributed by atoms with Crippen LogP contribution in [-0.4, -0.2) is 14.9 Å². The molecule has 0 aliphatic heterocycles. The van der Waals surface area contributed by atoms with E-state index in [0.717, 1.165) is 6.20 Å². The van der Waals surface area contributed by atoms with Crippen molar-refractivity contribution in [1.82, 2.24) is 9.78 Å². The van der Waals surface area contributed by atoms with E-state index in [9.17, 15) is 18.3 Å². The highest BCUT2D eigenvalue weighted by Crippen LogP contribution is 2.34. The van der Waals surface area contributed by atoms with Gasteiger partial charge in [-0.2, -0.15) is 5.10 Å². The van der Waals surface area contributed by atoms with Crippen LogP contribution in [0.15, 0.2) is 36.5 Å². The van der Waals surface area contributed by atoms with Crippen molar-refractivity contribution < 1.29 is 18.3 Å². The standard InChI is InChI=1S/C10H7F3N2O/c11-10(12,13)15-9(16)8(6-14-15)7-4-2-1-3-5-7/h1-6,16H. The summed E-state index contributed by atoms with van der Waals surface area (Å²) in [7, 11) is 0. The molecule has 1 aromatic carbocycles. The lowest BCUT2D eigenvalue weighted by Crippen LogP contribution is -2.17. The van der Waals surface area contributed by atoms with Crippen molar-refractivity contribution in [3.05, 3.63) is 36.5 Å². The number of halogens is 3. The third kappa shape index (κ3) is 1.73. The Kier molecular flexibility index (Phi) is 2.34. The van der Waals surface area contributed by atoms with Gasteiger partial charge < -0.3 is 5.11 Å². The SMILES string of the molecule is Oc1c(-c2ccccc2)cnn1C(F)(F)F. The van der Waals surface area contributed by atoms with Gasteiger partial charge in [0.1, 0.15) is 0 Å². The van der Waals surface area contributed by atoms with Crippen LogP contribution in [0.2, 0.25) is 0 Å². The molecule has 3 nitrogen and oxygen atoms in total. The topological polar surface area (TPSA) is 38.1 Å². The number of aromatic nitrogens is 2. The van der Waals surface area contributed by atoms with E-state index in [1.165, 1.54) is 0 Å². The lowest BCUT2D eigenvalue weighted by Gasteiger charge is -2.07. The summed E-state index contributed by atoms with van der Waals surface area (Å²) >= 11 is 0. The van der Waals surface area contributed by atoms with Crippen molar-refractivity contribution in [2.75, 3.05) is 0 Å². The lowest BCUT2D eigenvalue weighted by atomic mass is 10.1. The molecule has 0 saturated carbocycles. The number of aromatic hydroxyl groups is 1. The first-order chi connectivity index (χ1) is 7.50. The Morgan fingerprint density at radius 2 is 1.75 bits per heavy atom. The fraction of sp³-hybridized carbons (Fsp3) is 0.100. The van der Waals surface area contributed by atoms with E-state index in [1.54, 1.807) is 30.3 Å². The minimum atomic E-state index is -4.71. The first-order valence-electron chi connectivity index (χ1n) is 4.40. The van der Waals surface area contributed by atoms with Crippen molar-refractivity contribution in [2.45, 2.75) is 6.30 Å². The third-order valence-electron chi connectivity index (χ3n) is 2.07. The molecule has 0 radical (unpaired) electrons. The van der Waals surface area contributed by atoms with E-state index in [4.69, 9.17) is 0 Å². The van der Waals surface area contributed by atoms with Gasteiger partial charge in [0.05, 0.1) is 11.8 Å². The van der Waals surface area contributed by atoms with E-state index in [-0.39, 0.29) is 10.2 Å². The van der Waals surface area contributed by atoms with E-state index >= 15 is 0 Å². The highest BCUT2D eigenvalue weighted by molar-refractivity contribution is 5.67. The summed E-state index contributed by atoms with van der Waals surface area (Å²) in [5, 5.41) is 12.5. The molecule has 0 fully saturated rings. The highest BCUT2D eigenvalue weighted by Gasteiger charge is 2.35. The molecule has 1 aromatic heterocycles. The first kappa shape index (κ1) is 10.5. The second kappa shape index (κ2) is 3.55. The Labute approximate surface area is 88.8 Å². The molecule has 2 rings (SSSR count). The largest absolute Gasteiger partial charge is 0.507 e. The van der Waals surface area contributed by atoms with Gasteiger partial charge in [-0.3, -0.25) is 0 Å². The van der Waals surface area contributed by atoms with Gasteiger partial charge in [-0.1, -0.05) is 30.3 Å². The van der Waals surface area contributed by atoms with Crippen LogP contribution >= 0.6 is 0 Å². The molecular weight excluding hydrogens is 221 g/mol. The fourth-order valence-corrected chi connectivity index (χ4v) is 1.35. The van der Waals surface area contributed by atoms with Gasteiger partial charge in [-0.25, -0.2) is 0 Å². The van der Waals surface area contributed by atoms with Crippen LogP contribution in [0.1, 0.15) is 0 Å². The average molecular weight is 228 g/mol. The number of hydrogen-bond acceptors (Lipinski definition) is 2. The molecule has 0 unspecified atom stereocenters. The normalized spacial score (nSPS) is 11.7. The highest BCUT2D eigenvalue weighted by atomic mass is 19.4. The maximum absolute atomic E-state index is 12.3. The summed E-state index contributed by atoms with van der Waals surface area (Å²) < 4.78 is 36.6. The zero-order valence-electron chi connectivity index (χ0n) is 7.94. The third-order valence-corrected chi connectivity index (χ3v) is 2.07. The molecular formula is C10H7F3N2O. The smallest absolute Gasteiger partial charge is 0.493 e. The van der Waals surface area contributed by atoms with Gasteiger partial charge in [-0.15, -0.1) is 17.9 Å². The van der Waals surface area contributed by atoms with E-state index in [2.05, 4.69) is 5.10 Å². The minimum absolute atomic E-state index is 0.0536. The van der Waals surface area contributed by atoms with Gasteiger partial charge >= 0.3 is 6.30 Å². The summed E-state index contributed by atoms with van der Waals surface area (Å²) in [6, 6.07) is 8.25. The Bertz CT molecular complexity index is 491. The second-order valence-corrected chi connectivity index (χ2v) is 3.13. The monoisotopic (exact) mass is 228 g/mol. The van der Waals surface area contributed by atoms with E-state index in [1.807, 2.05) is 0 Å². The van der Waals surface area contributed by atoms with Gasteiger partial charge in [-0.05, 0) is 5.56 Å². The molecule has 0 spiro atoms. The van der Waals surface area contributed by atoms with Crippen LogP contribution in [0, 0.1) is 0 Å². The molecule has 1 heterocycles. The molecule has 6 heteroatoms. The zero-order chi connectivity index (χ0) is 11.8. The molecule has 16 heavy (non-hydrogen) atoms. The maximum Gasteiger partial charge on any atom is 0.507 e. The van der Waals surface area contributed by atoms with Crippen molar-refractivity contribution in [3.8, 4) is 17.0 Å². The number of nitrogens with zero attached hydrogens (tertiary/aromatic N) is 2. The summed E-state index contributed by atoms with van der Waals surface area (Å²) in [5.41, 5.74) is 0.536. The molecule has 0 atom stereocenters. The minimum Gasteiger partial charge on any atom is -0.493 e. The van der Waals surface area contributed by atoms with Crippen LogP contribution in [0.3, 0.4) is 0 Å². The second-order valence-electron chi connectivity index (χ2n) is 3.13. The number of hydrogen-bond donors (Lipinski definition) is 1. The maximum atomic E-state index is 12.3.